The number of hydrogen-bond donors (Lipinski definition) is 1. The number of nitrogens with zero attached hydrogens (tertiary/aromatic N) is 2. The van der Waals surface area contributed by atoms with E-state index in [4.69, 9.17) is 0 Å². The Balaban J connectivity index is 1.47. The number of nitrogens with one attached hydrogen (secondary N) is 1. The van der Waals surface area contributed by atoms with Crippen LogP contribution in [0.3, 0.4) is 0 Å². The van der Waals surface area contributed by atoms with Crippen LogP contribution in [0.2, 0.25) is 0 Å². The second kappa shape index (κ2) is 9.19. The van der Waals surface area contributed by atoms with E-state index in [2.05, 4.69) is 22.0 Å². The fraction of sp³-hybridized carbons (Fsp3) is 0.571. The van der Waals surface area contributed by atoms with Gasteiger partial charge in [0.15, 0.2) is 0 Å². The number of esters is 1. The smallest absolute Gasteiger partial charge is 0.337 e. The summed E-state index contributed by atoms with van der Waals surface area (Å²) in [5, 5.41) is 2.92. The van der Waals surface area contributed by atoms with Crippen molar-refractivity contribution < 1.29 is 19.1 Å². The molecule has 7 nitrogen and oxygen atoms in total. The summed E-state index contributed by atoms with van der Waals surface area (Å²) in [6.07, 6.45) is 3.00. The molecule has 28 heavy (non-hydrogen) atoms. The maximum Gasteiger partial charge on any atom is 0.337 e. The summed E-state index contributed by atoms with van der Waals surface area (Å²) in [6.45, 7) is 3.46. The maximum absolute atomic E-state index is 12.7. The van der Waals surface area contributed by atoms with Crippen LogP contribution in [0.4, 0.5) is 5.69 Å². The summed E-state index contributed by atoms with van der Waals surface area (Å²) in [6, 6.07) is 6.67. The van der Waals surface area contributed by atoms with Gasteiger partial charge in [-0.15, -0.1) is 0 Å². The summed E-state index contributed by atoms with van der Waals surface area (Å²) in [4.78, 5) is 40.9. The van der Waals surface area contributed by atoms with Crippen molar-refractivity contribution in [2.45, 2.75) is 25.7 Å². The van der Waals surface area contributed by atoms with Gasteiger partial charge in [0.05, 0.1) is 12.7 Å². The predicted molar refractivity (Wildman–Crippen MR) is 106 cm³/mol. The van der Waals surface area contributed by atoms with E-state index in [0.29, 0.717) is 11.3 Å². The number of hydrogen-bond acceptors (Lipinski definition) is 5. The maximum atomic E-state index is 12.7. The number of ether oxygens (including phenoxy) is 1. The summed E-state index contributed by atoms with van der Waals surface area (Å²) >= 11 is 0. The van der Waals surface area contributed by atoms with Gasteiger partial charge < -0.3 is 19.9 Å². The summed E-state index contributed by atoms with van der Waals surface area (Å²) in [5.74, 6) is -0.188. The van der Waals surface area contributed by atoms with E-state index in [1.165, 1.54) is 7.11 Å². The Morgan fingerprint density at radius 2 is 1.50 bits per heavy atom. The molecule has 1 saturated carbocycles. The minimum absolute atomic E-state index is 0.0173. The van der Waals surface area contributed by atoms with Crippen molar-refractivity contribution in [2.75, 3.05) is 45.7 Å². The Labute approximate surface area is 166 Å². The third-order valence-electron chi connectivity index (χ3n) is 5.84. The molecule has 1 aromatic carbocycles. The molecule has 2 aliphatic rings. The first kappa shape index (κ1) is 20.3. The molecule has 0 radical (unpaired) electrons. The van der Waals surface area contributed by atoms with Gasteiger partial charge in [-0.2, -0.15) is 0 Å². The lowest BCUT2D eigenvalue weighted by Gasteiger charge is -2.36. The number of piperazine rings is 1. The zero-order valence-corrected chi connectivity index (χ0v) is 16.6. The normalized spacial score (nSPS) is 23.1. The van der Waals surface area contributed by atoms with E-state index < -0.39 is 5.97 Å². The molecular formula is C21H29N3O4. The van der Waals surface area contributed by atoms with Crippen molar-refractivity contribution in [1.29, 1.82) is 0 Å². The summed E-state index contributed by atoms with van der Waals surface area (Å²) in [5.41, 5.74) is 1.11. The largest absolute Gasteiger partial charge is 0.465 e. The minimum atomic E-state index is -0.402. The van der Waals surface area contributed by atoms with Crippen LogP contribution in [-0.4, -0.2) is 67.9 Å². The monoisotopic (exact) mass is 387 g/mol. The summed E-state index contributed by atoms with van der Waals surface area (Å²) in [7, 11) is 3.41. The molecule has 2 fully saturated rings. The predicted octanol–water partition coefficient (Wildman–Crippen LogP) is 1.99. The van der Waals surface area contributed by atoms with E-state index in [9.17, 15) is 14.4 Å². The standard InChI is InChI=1S/C21H29N3O4/c1-23-11-13-24(14-12-23)20(26)16-5-3-15(4-6-16)19(25)22-18-9-7-17(8-10-18)21(27)28-2/h7-10,15-16H,3-6,11-14H2,1-2H3,(H,22,25). The van der Waals surface area contributed by atoms with Gasteiger partial charge in [0.2, 0.25) is 11.8 Å². The van der Waals surface area contributed by atoms with E-state index in [1.54, 1.807) is 24.3 Å². The van der Waals surface area contributed by atoms with Crippen molar-refractivity contribution in [3.05, 3.63) is 29.8 Å². The third-order valence-corrected chi connectivity index (χ3v) is 5.84. The molecule has 0 atom stereocenters. The van der Waals surface area contributed by atoms with Crippen molar-refractivity contribution >= 4 is 23.5 Å². The van der Waals surface area contributed by atoms with Crippen molar-refractivity contribution in [2.24, 2.45) is 11.8 Å². The SMILES string of the molecule is COC(=O)c1ccc(NC(=O)C2CCC(C(=O)N3CCN(C)CC3)CC2)cc1. The fourth-order valence-corrected chi connectivity index (χ4v) is 3.94. The highest BCUT2D eigenvalue weighted by atomic mass is 16.5. The molecule has 3 rings (SSSR count). The van der Waals surface area contributed by atoms with E-state index in [1.807, 2.05) is 4.90 Å². The Bertz CT molecular complexity index is 703. The highest BCUT2D eigenvalue weighted by Crippen LogP contribution is 2.31. The van der Waals surface area contributed by atoms with Crippen molar-refractivity contribution in [3.8, 4) is 0 Å². The van der Waals surface area contributed by atoms with E-state index >= 15 is 0 Å². The van der Waals surface area contributed by atoms with Crippen molar-refractivity contribution in [1.82, 2.24) is 9.80 Å². The average molecular weight is 387 g/mol. The van der Waals surface area contributed by atoms with Gasteiger partial charge in [-0.3, -0.25) is 9.59 Å². The van der Waals surface area contributed by atoms with Crippen LogP contribution >= 0.6 is 0 Å². The number of anilines is 1. The lowest BCUT2D eigenvalue weighted by atomic mass is 9.80. The third kappa shape index (κ3) is 4.90. The van der Waals surface area contributed by atoms with Gasteiger partial charge in [0, 0.05) is 43.7 Å². The minimum Gasteiger partial charge on any atom is -0.465 e. The molecule has 1 heterocycles. The average Bonchev–Trinajstić information content (AvgIpc) is 2.74. The molecule has 2 amide bonds. The molecule has 0 unspecified atom stereocenters. The number of methoxy groups -OCH3 is 1. The lowest BCUT2D eigenvalue weighted by molar-refractivity contribution is -0.139. The first-order valence-corrected chi connectivity index (χ1v) is 9.94. The van der Waals surface area contributed by atoms with Gasteiger partial charge in [-0.05, 0) is 57.0 Å². The van der Waals surface area contributed by atoms with Gasteiger partial charge >= 0.3 is 5.97 Å². The Kier molecular flexibility index (Phi) is 6.67. The molecule has 0 bridgehead atoms. The van der Waals surface area contributed by atoms with Crippen LogP contribution in [0, 0.1) is 11.8 Å². The number of carbonyl (C=O) groups is 3. The van der Waals surface area contributed by atoms with Crippen LogP contribution in [0.5, 0.6) is 0 Å². The molecule has 1 saturated heterocycles. The van der Waals surface area contributed by atoms with E-state index in [-0.39, 0.29) is 23.7 Å². The molecule has 1 aliphatic carbocycles. The first-order chi connectivity index (χ1) is 13.5. The number of amides is 2. The molecule has 1 aromatic rings. The van der Waals surface area contributed by atoms with Crippen LogP contribution in [-0.2, 0) is 14.3 Å². The fourth-order valence-electron chi connectivity index (χ4n) is 3.94. The lowest BCUT2D eigenvalue weighted by Crippen LogP contribution is -2.49. The van der Waals surface area contributed by atoms with Crippen LogP contribution in [0.1, 0.15) is 36.0 Å². The quantitative estimate of drug-likeness (QED) is 0.800. The number of rotatable bonds is 4. The molecule has 1 aliphatic heterocycles. The Morgan fingerprint density at radius 3 is 2.07 bits per heavy atom. The second-order valence-electron chi connectivity index (χ2n) is 7.74. The second-order valence-corrected chi connectivity index (χ2v) is 7.74. The molecule has 0 aromatic heterocycles. The first-order valence-electron chi connectivity index (χ1n) is 9.94. The summed E-state index contributed by atoms with van der Waals surface area (Å²) < 4.78 is 4.67. The van der Waals surface area contributed by atoms with Crippen LogP contribution in [0.25, 0.3) is 0 Å². The van der Waals surface area contributed by atoms with E-state index in [0.717, 1.165) is 51.9 Å². The topological polar surface area (TPSA) is 78.9 Å². The number of carbonyl (C=O) groups excluding carboxylic acids is 3. The van der Waals surface area contributed by atoms with Gasteiger partial charge in [-0.1, -0.05) is 0 Å². The van der Waals surface area contributed by atoms with Crippen molar-refractivity contribution in [3.63, 3.8) is 0 Å². The molecule has 1 N–H and O–H groups in total. The molecule has 7 heteroatoms. The molecule has 0 spiro atoms. The van der Waals surface area contributed by atoms with Crippen LogP contribution in [0.15, 0.2) is 24.3 Å². The highest BCUT2D eigenvalue weighted by Gasteiger charge is 2.33. The van der Waals surface area contributed by atoms with Gasteiger partial charge in [0.25, 0.3) is 0 Å². The zero-order chi connectivity index (χ0) is 20.1. The Hall–Kier alpha value is -2.41. The molecular weight excluding hydrogens is 358 g/mol. The van der Waals surface area contributed by atoms with Gasteiger partial charge in [0.1, 0.15) is 0 Å². The van der Waals surface area contributed by atoms with Gasteiger partial charge in [-0.25, -0.2) is 4.79 Å². The number of benzene rings is 1. The number of likely N-dealkylation sites (N-methyl/N-ethyl adjacent to an activating group) is 1. The highest BCUT2D eigenvalue weighted by molar-refractivity contribution is 5.94. The Morgan fingerprint density at radius 1 is 0.929 bits per heavy atom. The molecule has 152 valence electrons. The van der Waals surface area contributed by atoms with Crippen LogP contribution < -0.4 is 5.32 Å². The zero-order valence-electron chi connectivity index (χ0n) is 16.6.